The Morgan fingerprint density at radius 2 is 1.17 bits per heavy atom. The first-order valence-electron chi connectivity index (χ1n) is 7.05. The largest absolute Gasteiger partial charge is 0.507 e. The smallest absolute Gasteiger partial charge is 0.298 e. The van der Waals surface area contributed by atoms with Gasteiger partial charge in [0.05, 0.1) is 0 Å². The van der Waals surface area contributed by atoms with Crippen molar-refractivity contribution < 1.29 is 23.2 Å². The first-order valence-corrected chi connectivity index (χ1v) is 8.93. The summed E-state index contributed by atoms with van der Waals surface area (Å²) in [6.45, 7) is 8.00. The number of benzene rings is 2. The van der Waals surface area contributed by atoms with Gasteiger partial charge < -0.3 is 10.2 Å². The molecular weight excluding hydrogens is 336 g/mol. The highest BCUT2D eigenvalue weighted by molar-refractivity contribution is 7.86. The van der Waals surface area contributed by atoms with Crippen LogP contribution in [0.15, 0.2) is 58.3 Å². The molecule has 0 saturated heterocycles. The van der Waals surface area contributed by atoms with Gasteiger partial charge in [0, 0.05) is 4.90 Å². The lowest BCUT2D eigenvalue weighted by atomic mass is 10.3. The van der Waals surface area contributed by atoms with Crippen molar-refractivity contribution >= 4 is 22.7 Å². The van der Waals surface area contributed by atoms with Crippen LogP contribution in [0.3, 0.4) is 0 Å². The number of hydrogen-bond acceptors (Lipinski definition) is 5. The number of phenolic OH excluding ortho intramolecular Hbond substituents is 2. The molecule has 0 aliphatic carbocycles. The van der Waals surface area contributed by atoms with Crippen molar-refractivity contribution in [1.82, 2.24) is 0 Å². The summed E-state index contributed by atoms with van der Waals surface area (Å²) in [5.41, 5.74) is 0. The van der Waals surface area contributed by atoms with Gasteiger partial charge in [-0.05, 0) is 24.3 Å². The third-order valence-corrected chi connectivity index (χ3v) is 3.30. The molecular formula is C16H24O5S2. The maximum atomic E-state index is 10.4. The standard InChI is InChI=1S/C6H6O4S.C6H6OS.2C2H6/c7-5-3-1-2-4-6(5)11(8,9)10;7-5-3-1-2-4-6(5)8;2*1-2/h1-4,7H,(H,8,9,10);1-4,7-8H;2*1-2H3. The summed E-state index contributed by atoms with van der Waals surface area (Å²) < 4.78 is 29.4. The minimum absolute atomic E-state index is 0.232. The van der Waals surface area contributed by atoms with Crippen molar-refractivity contribution in [2.75, 3.05) is 0 Å². The molecule has 0 aromatic heterocycles. The maximum absolute atomic E-state index is 10.4. The van der Waals surface area contributed by atoms with Crippen LogP contribution in [0.1, 0.15) is 27.7 Å². The highest BCUT2D eigenvalue weighted by Crippen LogP contribution is 2.20. The van der Waals surface area contributed by atoms with E-state index in [1.54, 1.807) is 18.2 Å². The number of thiol groups is 1. The SMILES string of the molecule is CC.CC.O=S(=O)(O)c1ccccc1O.Oc1ccccc1S. The summed E-state index contributed by atoms with van der Waals surface area (Å²) in [4.78, 5) is 0.146. The van der Waals surface area contributed by atoms with Crippen LogP contribution < -0.4 is 0 Å². The van der Waals surface area contributed by atoms with E-state index in [0.717, 1.165) is 6.07 Å². The lowest BCUT2D eigenvalue weighted by Crippen LogP contribution is -1.97. The van der Waals surface area contributed by atoms with Crippen LogP contribution in [0, 0.1) is 0 Å². The van der Waals surface area contributed by atoms with E-state index in [0.29, 0.717) is 4.90 Å². The Balaban J connectivity index is 0. The number of rotatable bonds is 1. The summed E-state index contributed by atoms with van der Waals surface area (Å²) in [6.07, 6.45) is 0. The molecule has 0 spiro atoms. The molecule has 5 nitrogen and oxygen atoms in total. The second-order valence-electron chi connectivity index (χ2n) is 3.43. The van der Waals surface area contributed by atoms with Crippen LogP contribution >= 0.6 is 12.6 Å². The molecule has 0 atom stereocenters. The van der Waals surface area contributed by atoms with Crippen molar-refractivity contribution in [3.05, 3.63) is 48.5 Å². The molecule has 0 aliphatic rings. The van der Waals surface area contributed by atoms with E-state index in [-0.39, 0.29) is 5.75 Å². The van der Waals surface area contributed by atoms with Gasteiger partial charge in [-0.25, -0.2) is 0 Å². The van der Waals surface area contributed by atoms with Crippen molar-refractivity contribution in [2.24, 2.45) is 0 Å². The summed E-state index contributed by atoms with van der Waals surface area (Å²) in [5.74, 6) is -0.217. The maximum Gasteiger partial charge on any atom is 0.298 e. The van der Waals surface area contributed by atoms with Crippen molar-refractivity contribution in [3.63, 3.8) is 0 Å². The minimum atomic E-state index is -4.28. The Kier molecular flexibility index (Phi) is 13.1. The molecule has 0 unspecified atom stereocenters. The van der Waals surface area contributed by atoms with Crippen molar-refractivity contribution in [3.8, 4) is 11.5 Å². The molecule has 0 aliphatic heterocycles. The topological polar surface area (TPSA) is 94.8 Å². The molecule has 7 heteroatoms. The van der Waals surface area contributed by atoms with Crippen LogP contribution in [0.25, 0.3) is 0 Å². The Bertz CT molecular complexity index is 634. The number of para-hydroxylation sites is 2. The summed E-state index contributed by atoms with van der Waals surface area (Å²) in [5, 5.41) is 17.7. The molecule has 0 radical (unpaired) electrons. The predicted octanol–water partition coefficient (Wildman–Crippen LogP) is 4.37. The first kappa shape index (κ1) is 23.6. The van der Waals surface area contributed by atoms with Gasteiger partial charge in [0.1, 0.15) is 16.4 Å². The molecule has 2 rings (SSSR count). The summed E-state index contributed by atoms with van der Waals surface area (Å²) >= 11 is 3.95. The molecule has 3 N–H and O–H groups in total. The van der Waals surface area contributed by atoms with E-state index < -0.39 is 20.8 Å². The predicted molar refractivity (Wildman–Crippen MR) is 96.0 cm³/mol. The van der Waals surface area contributed by atoms with E-state index in [9.17, 15) is 8.42 Å². The van der Waals surface area contributed by atoms with Crippen LogP contribution in [0.2, 0.25) is 0 Å². The van der Waals surface area contributed by atoms with E-state index in [1.165, 1.54) is 18.2 Å². The van der Waals surface area contributed by atoms with Crippen LogP contribution in [-0.4, -0.2) is 23.2 Å². The first-order chi connectivity index (χ1) is 10.8. The van der Waals surface area contributed by atoms with Gasteiger partial charge >= 0.3 is 0 Å². The van der Waals surface area contributed by atoms with Gasteiger partial charge in [-0.15, -0.1) is 12.6 Å². The minimum Gasteiger partial charge on any atom is -0.507 e. The average Bonchev–Trinajstić information content (AvgIpc) is 2.54. The van der Waals surface area contributed by atoms with Crippen LogP contribution in [0.4, 0.5) is 0 Å². The van der Waals surface area contributed by atoms with Crippen molar-refractivity contribution in [1.29, 1.82) is 0 Å². The van der Waals surface area contributed by atoms with Crippen LogP contribution in [-0.2, 0) is 10.1 Å². The summed E-state index contributed by atoms with van der Waals surface area (Å²) in [7, 11) is -4.28. The van der Waals surface area contributed by atoms with E-state index in [1.807, 2.05) is 33.8 Å². The van der Waals surface area contributed by atoms with Gasteiger partial charge in [-0.1, -0.05) is 52.0 Å². The number of phenols is 2. The molecule has 0 amide bonds. The lowest BCUT2D eigenvalue weighted by molar-refractivity contribution is 0.443. The lowest BCUT2D eigenvalue weighted by Gasteiger charge is -1.97. The van der Waals surface area contributed by atoms with Gasteiger partial charge in [0.2, 0.25) is 0 Å². The van der Waals surface area contributed by atoms with Gasteiger partial charge in [0.25, 0.3) is 10.1 Å². The number of hydrogen-bond donors (Lipinski definition) is 4. The quantitative estimate of drug-likeness (QED) is 0.447. The fraction of sp³-hybridized carbons (Fsp3) is 0.250. The van der Waals surface area contributed by atoms with Crippen molar-refractivity contribution in [2.45, 2.75) is 37.5 Å². The zero-order valence-corrected chi connectivity index (χ0v) is 15.3. The average molecular weight is 360 g/mol. The highest BCUT2D eigenvalue weighted by atomic mass is 32.2. The summed E-state index contributed by atoms with van der Waals surface area (Å²) in [6, 6.07) is 12.1. The molecule has 0 bridgehead atoms. The Morgan fingerprint density at radius 3 is 1.43 bits per heavy atom. The highest BCUT2D eigenvalue weighted by Gasteiger charge is 2.12. The van der Waals surface area contributed by atoms with E-state index >= 15 is 0 Å². The Labute approximate surface area is 143 Å². The molecule has 2 aromatic rings. The zero-order valence-electron chi connectivity index (χ0n) is 13.6. The Hall–Kier alpha value is -1.70. The Morgan fingerprint density at radius 1 is 0.783 bits per heavy atom. The second-order valence-corrected chi connectivity index (χ2v) is 5.30. The number of aromatic hydroxyl groups is 2. The zero-order chi connectivity index (χ0) is 18.5. The molecule has 0 heterocycles. The molecule has 2 aromatic carbocycles. The van der Waals surface area contributed by atoms with E-state index in [2.05, 4.69) is 12.6 Å². The molecule has 23 heavy (non-hydrogen) atoms. The fourth-order valence-corrected chi connectivity index (χ4v) is 1.88. The van der Waals surface area contributed by atoms with E-state index in [4.69, 9.17) is 14.8 Å². The fourth-order valence-electron chi connectivity index (χ4n) is 1.14. The molecule has 0 saturated carbocycles. The van der Waals surface area contributed by atoms with Gasteiger partial charge in [-0.2, -0.15) is 8.42 Å². The molecule has 130 valence electrons. The second kappa shape index (κ2) is 12.8. The third-order valence-electron chi connectivity index (χ3n) is 2.02. The van der Waals surface area contributed by atoms with Crippen LogP contribution in [0.5, 0.6) is 11.5 Å². The molecule has 0 fully saturated rings. The normalized spacial score (nSPS) is 9.13. The van der Waals surface area contributed by atoms with Gasteiger partial charge in [0.15, 0.2) is 0 Å². The monoisotopic (exact) mass is 360 g/mol. The van der Waals surface area contributed by atoms with Gasteiger partial charge in [-0.3, -0.25) is 4.55 Å². The third kappa shape index (κ3) is 9.83.